The van der Waals surface area contributed by atoms with E-state index in [0.29, 0.717) is 12.8 Å². The average Bonchev–Trinajstić information content (AvgIpc) is 3.17. The smallest absolute Gasteiger partial charge is 0.462 e. The summed E-state index contributed by atoms with van der Waals surface area (Å²) in [6.07, 6.45) is 39.3. The van der Waals surface area contributed by atoms with E-state index in [-0.39, 0.29) is 12.8 Å². The second kappa shape index (κ2) is 38.0. The van der Waals surface area contributed by atoms with E-state index in [0.717, 1.165) is 77.0 Å². The molecule has 0 radical (unpaired) electrons. The van der Waals surface area contributed by atoms with Gasteiger partial charge in [-0.3, -0.25) is 23.2 Å². The number of carbonyl (C=O) groups is 2. The zero-order chi connectivity index (χ0) is 42.3. The molecule has 0 bridgehead atoms. The van der Waals surface area contributed by atoms with E-state index in [1.54, 1.807) is 0 Å². The molecule has 0 heterocycles. The van der Waals surface area contributed by atoms with Gasteiger partial charge in [0.15, 0.2) is 6.10 Å². The molecule has 13 nitrogen and oxygen atoms in total. The van der Waals surface area contributed by atoms with E-state index < -0.39 is 66.2 Å². The topological polar surface area (TPSA) is 195 Å². The molecule has 0 spiro atoms. The average molecular weight is 849 g/mol. The van der Waals surface area contributed by atoms with Crippen molar-refractivity contribution in [2.24, 2.45) is 0 Å². The van der Waals surface area contributed by atoms with Crippen LogP contribution in [0, 0.1) is 0 Å². The van der Waals surface area contributed by atoms with Gasteiger partial charge in [0, 0.05) is 12.8 Å². The number of hydrogen-bond donors (Lipinski definition) is 4. The fraction of sp³-hybridized carbons (Fsp3) is 0.714. The molecule has 0 fully saturated rings. The molecule has 330 valence electrons. The Kier molecular flexibility index (Phi) is 36.6. The maximum atomic E-state index is 12.6. The zero-order valence-electron chi connectivity index (χ0n) is 34.7. The fourth-order valence-electron chi connectivity index (χ4n) is 5.15. The number of ether oxygens (including phenoxy) is 2. The lowest BCUT2D eigenvalue weighted by Gasteiger charge is -2.20. The van der Waals surface area contributed by atoms with Crippen LogP contribution in [0.25, 0.3) is 0 Å². The molecule has 0 rings (SSSR count). The molecule has 0 aromatic heterocycles. The van der Waals surface area contributed by atoms with Crippen molar-refractivity contribution < 1.29 is 61.6 Å². The minimum Gasteiger partial charge on any atom is -0.462 e. The van der Waals surface area contributed by atoms with Crippen LogP contribution in [0.2, 0.25) is 0 Å². The lowest BCUT2D eigenvalue weighted by Crippen LogP contribution is -2.30. The van der Waals surface area contributed by atoms with E-state index >= 15 is 0 Å². The van der Waals surface area contributed by atoms with Crippen LogP contribution in [0.4, 0.5) is 0 Å². The summed E-state index contributed by atoms with van der Waals surface area (Å²) < 4.78 is 47.7. The van der Waals surface area contributed by atoms with E-state index in [1.807, 2.05) is 0 Å². The first-order valence-corrected chi connectivity index (χ1v) is 24.0. The van der Waals surface area contributed by atoms with Crippen molar-refractivity contribution in [3.63, 3.8) is 0 Å². The highest BCUT2D eigenvalue weighted by Gasteiger charge is 2.28. The molecule has 15 heteroatoms. The maximum Gasteiger partial charge on any atom is 0.472 e. The number of rotatable bonds is 39. The van der Waals surface area contributed by atoms with Crippen LogP contribution < -0.4 is 0 Å². The van der Waals surface area contributed by atoms with Crippen LogP contribution in [0.1, 0.15) is 155 Å². The highest BCUT2D eigenvalue weighted by atomic mass is 31.2. The van der Waals surface area contributed by atoms with Gasteiger partial charge >= 0.3 is 27.6 Å². The van der Waals surface area contributed by atoms with Gasteiger partial charge in [0.2, 0.25) is 0 Å². The van der Waals surface area contributed by atoms with Crippen molar-refractivity contribution in [3.05, 3.63) is 60.8 Å². The summed E-state index contributed by atoms with van der Waals surface area (Å²) in [5.74, 6) is -1.10. The number of carbonyl (C=O) groups excluding carboxylic acids is 2. The Labute approximate surface area is 342 Å². The normalized spacial score (nSPS) is 14.7. The predicted octanol–water partition coefficient (Wildman–Crippen LogP) is 10.4. The Morgan fingerprint density at radius 2 is 0.912 bits per heavy atom. The molecular formula is C42H74O13P2. The van der Waals surface area contributed by atoms with Gasteiger partial charge in [-0.25, -0.2) is 9.13 Å². The number of aliphatic hydroxyl groups excluding tert-OH is 1. The summed E-state index contributed by atoms with van der Waals surface area (Å²) in [6, 6.07) is 0. The first-order chi connectivity index (χ1) is 27.4. The van der Waals surface area contributed by atoms with E-state index in [2.05, 4.69) is 83.7 Å². The lowest BCUT2D eigenvalue weighted by atomic mass is 10.1. The number of unbranched alkanes of at least 4 members (excludes halogenated alkanes) is 13. The standard InChI is InChI=1S/C42H74O13P2/c1-3-5-7-9-11-13-15-17-19-21-23-25-27-29-31-33-41(44)51-37-40(38-54-57(49,50)53-36-39(43)35-52-56(46,47)48)55-42(45)34-32-30-28-26-24-22-20-18-16-14-12-10-8-6-4-2/h11-14,17-20,24,26,39-40,43H,3-10,15-16,21-23,25,27-38H2,1-2H3,(H,49,50)(H2,46,47,48)/b13-11-,14-12-,19-17-,20-18-,26-24-/t39-,40+/m0/s1. The van der Waals surface area contributed by atoms with Crippen molar-refractivity contribution in [2.75, 3.05) is 26.4 Å². The maximum absolute atomic E-state index is 12.6. The van der Waals surface area contributed by atoms with Gasteiger partial charge in [-0.2, -0.15) is 0 Å². The number of aliphatic hydroxyl groups is 1. The van der Waals surface area contributed by atoms with E-state index in [9.17, 15) is 28.7 Å². The lowest BCUT2D eigenvalue weighted by molar-refractivity contribution is -0.161. The van der Waals surface area contributed by atoms with Crippen LogP contribution >= 0.6 is 15.6 Å². The van der Waals surface area contributed by atoms with E-state index in [1.165, 1.54) is 38.5 Å². The summed E-state index contributed by atoms with van der Waals surface area (Å²) in [5.41, 5.74) is 0. The number of esters is 2. The quantitative estimate of drug-likeness (QED) is 0.0198. The molecule has 0 aliphatic carbocycles. The molecule has 1 unspecified atom stereocenters. The van der Waals surface area contributed by atoms with Gasteiger partial charge in [-0.05, 0) is 83.5 Å². The molecule has 0 aliphatic rings. The third kappa shape index (κ3) is 41.8. The van der Waals surface area contributed by atoms with Crippen molar-refractivity contribution in [1.82, 2.24) is 0 Å². The zero-order valence-corrected chi connectivity index (χ0v) is 36.5. The Morgan fingerprint density at radius 3 is 1.44 bits per heavy atom. The second-order valence-electron chi connectivity index (χ2n) is 13.9. The monoisotopic (exact) mass is 848 g/mol. The highest BCUT2D eigenvalue weighted by molar-refractivity contribution is 7.47. The summed E-state index contributed by atoms with van der Waals surface area (Å²) in [6.45, 7) is 1.63. The molecule has 3 atom stereocenters. The minimum absolute atomic E-state index is 0.0772. The molecule has 0 saturated heterocycles. The summed E-state index contributed by atoms with van der Waals surface area (Å²) in [5, 5.41) is 9.73. The van der Waals surface area contributed by atoms with Crippen molar-refractivity contribution in [2.45, 2.75) is 167 Å². The fourth-order valence-corrected chi connectivity index (χ4v) is 6.30. The highest BCUT2D eigenvalue weighted by Crippen LogP contribution is 2.43. The van der Waals surface area contributed by atoms with Gasteiger partial charge in [-0.15, -0.1) is 0 Å². The molecule has 0 amide bonds. The van der Waals surface area contributed by atoms with Crippen molar-refractivity contribution >= 4 is 27.6 Å². The van der Waals surface area contributed by atoms with Gasteiger partial charge in [0.1, 0.15) is 12.7 Å². The van der Waals surface area contributed by atoms with Crippen LogP contribution in [0.5, 0.6) is 0 Å². The second-order valence-corrected chi connectivity index (χ2v) is 16.6. The Hall–Kier alpha value is -2.18. The molecular weight excluding hydrogens is 774 g/mol. The summed E-state index contributed by atoms with van der Waals surface area (Å²) in [7, 11) is -9.69. The molecule has 0 saturated carbocycles. The molecule has 4 N–H and O–H groups in total. The molecule has 57 heavy (non-hydrogen) atoms. The first kappa shape index (κ1) is 54.8. The third-order valence-corrected chi connectivity index (χ3v) is 9.81. The number of allylic oxidation sites excluding steroid dienone is 10. The van der Waals surface area contributed by atoms with Crippen LogP contribution in [0.3, 0.4) is 0 Å². The molecule has 0 aliphatic heterocycles. The van der Waals surface area contributed by atoms with Gasteiger partial charge in [0.05, 0.1) is 19.8 Å². The first-order valence-electron chi connectivity index (χ1n) is 21.0. The van der Waals surface area contributed by atoms with E-state index in [4.69, 9.17) is 23.8 Å². The van der Waals surface area contributed by atoms with Crippen LogP contribution in [-0.4, -0.2) is 70.4 Å². The number of phosphoric acid groups is 2. The van der Waals surface area contributed by atoms with Crippen LogP contribution in [-0.2, 0) is 41.8 Å². The van der Waals surface area contributed by atoms with Gasteiger partial charge in [-0.1, -0.05) is 120 Å². The van der Waals surface area contributed by atoms with Gasteiger partial charge < -0.3 is 29.3 Å². The summed E-state index contributed by atoms with van der Waals surface area (Å²) in [4.78, 5) is 52.6. The SMILES string of the molecule is CCCCC/C=C\C/C=C\C/C=C\CCCCC(=O)O[C@H](COC(=O)CCCCCCC/C=C\C/C=C\CCCCC)COP(=O)(O)OC[C@@H](O)COP(=O)(O)O. The molecule has 0 aromatic carbocycles. The summed E-state index contributed by atoms with van der Waals surface area (Å²) >= 11 is 0. The number of phosphoric ester groups is 2. The Bertz CT molecular complexity index is 1240. The van der Waals surface area contributed by atoms with Gasteiger partial charge in [0.25, 0.3) is 0 Å². The minimum atomic E-state index is -4.87. The van der Waals surface area contributed by atoms with Crippen molar-refractivity contribution in [3.8, 4) is 0 Å². The van der Waals surface area contributed by atoms with Crippen LogP contribution in [0.15, 0.2) is 60.8 Å². The Morgan fingerprint density at radius 1 is 0.509 bits per heavy atom. The Balaban J connectivity index is 4.64. The molecule has 0 aromatic rings. The largest absolute Gasteiger partial charge is 0.472 e. The third-order valence-electron chi connectivity index (χ3n) is 8.37. The van der Waals surface area contributed by atoms with Crippen molar-refractivity contribution in [1.29, 1.82) is 0 Å². The predicted molar refractivity (Wildman–Crippen MR) is 225 cm³/mol. The number of hydrogen-bond acceptors (Lipinski definition) is 10.